The third-order valence-corrected chi connectivity index (χ3v) is 6.96. The van der Waals surface area contributed by atoms with Crippen molar-refractivity contribution in [3.8, 4) is 0 Å². The summed E-state index contributed by atoms with van der Waals surface area (Å²) < 4.78 is 10.5. The average molecular weight is 468 g/mol. The SMILES string of the molecule is CCOC(=O)N1CCN([C@@H](c2ccccc2)c2cc(CC)sc2NC(=O)c2ccco2)CC1. The number of benzene rings is 1. The van der Waals surface area contributed by atoms with Crippen LogP contribution < -0.4 is 5.32 Å². The molecule has 1 atom stereocenters. The van der Waals surface area contributed by atoms with Crippen LogP contribution in [-0.4, -0.2) is 54.6 Å². The maximum atomic E-state index is 12.8. The fourth-order valence-corrected chi connectivity index (χ4v) is 5.13. The molecule has 3 heterocycles. The molecule has 8 heteroatoms. The number of nitrogens with zero attached hydrogens (tertiary/aromatic N) is 2. The lowest BCUT2D eigenvalue weighted by Crippen LogP contribution is -2.50. The lowest BCUT2D eigenvalue weighted by atomic mass is 9.97. The number of piperazine rings is 1. The smallest absolute Gasteiger partial charge is 0.409 e. The zero-order valence-electron chi connectivity index (χ0n) is 19.0. The number of ether oxygens (including phenoxy) is 1. The van der Waals surface area contributed by atoms with E-state index in [0.717, 1.165) is 22.5 Å². The van der Waals surface area contributed by atoms with Gasteiger partial charge >= 0.3 is 6.09 Å². The van der Waals surface area contributed by atoms with Crippen molar-refractivity contribution in [3.05, 3.63) is 76.6 Å². The summed E-state index contributed by atoms with van der Waals surface area (Å²) in [5.41, 5.74) is 2.21. The van der Waals surface area contributed by atoms with Crippen LogP contribution in [0.3, 0.4) is 0 Å². The van der Waals surface area contributed by atoms with Crippen molar-refractivity contribution < 1.29 is 18.7 Å². The molecule has 0 radical (unpaired) electrons. The van der Waals surface area contributed by atoms with E-state index in [-0.39, 0.29) is 23.8 Å². The Kier molecular flexibility index (Phi) is 7.47. The van der Waals surface area contributed by atoms with Gasteiger partial charge in [-0.1, -0.05) is 37.3 Å². The van der Waals surface area contributed by atoms with Crippen LogP contribution in [0, 0.1) is 0 Å². The molecule has 174 valence electrons. The molecule has 1 N–H and O–H groups in total. The fourth-order valence-electron chi connectivity index (χ4n) is 4.11. The highest BCUT2D eigenvalue weighted by molar-refractivity contribution is 7.16. The lowest BCUT2D eigenvalue weighted by molar-refractivity contribution is 0.0716. The van der Waals surface area contributed by atoms with E-state index in [0.29, 0.717) is 32.8 Å². The summed E-state index contributed by atoms with van der Waals surface area (Å²) in [6.45, 7) is 6.92. The third-order valence-electron chi connectivity index (χ3n) is 5.75. The Hall–Kier alpha value is -3.10. The second-order valence-electron chi connectivity index (χ2n) is 7.82. The molecule has 0 bridgehead atoms. The Morgan fingerprint density at radius 1 is 1.09 bits per heavy atom. The summed E-state index contributed by atoms with van der Waals surface area (Å²) in [5.74, 6) is 0.0244. The number of carbonyl (C=O) groups is 2. The Labute approximate surface area is 197 Å². The molecule has 33 heavy (non-hydrogen) atoms. The Morgan fingerprint density at radius 3 is 2.48 bits per heavy atom. The quantitative estimate of drug-likeness (QED) is 0.528. The number of hydrogen-bond donors (Lipinski definition) is 1. The lowest BCUT2D eigenvalue weighted by Gasteiger charge is -2.39. The van der Waals surface area contributed by atoms with Gasteiger partial charge in [-0.2, -0.15) is 0 Å². The molecule has 1 fully saturated rings. The second-order valence-corrected chi connectivity index (χ2v) is 8.95. The van der Waals surface area contributed by atoms with Crippen LogP contribution >= 0.6 is 11.3 Å². The average Bonchev–Trinajstić information content (AvgIpc) is 3.51. The minimum atomic E-state index is -0.261. The largest absolute Gasteiger partial charge is 0.459 e. The highest BCUT2D eigenvalue weighted by atomic mass is 32.1. The number of hydrogen-bond acceptors (Lipinski definition) is 6. The summed E-state index contributed by atoms with van der Waals surface area (Å²) in [5, 5.41) is 3.90. The number of thiophene rings is 1. The van der Waals surface area contributed by atoms with Gasteiger partial charge < -0.3 is 19.4 Å². The molecular weight excluding hydrogens is 438 g/mol. The highest BCUT2D eigenvalue weighted by Crippen LogP contribution is 2.40. The molecule has 2 amide bonds. The molecule has 4 rings (SSSR count). The van der Waals surface area contributed by atoms with Gasteiger partial charge in [0, 0.05) is 36.6 Å². The predicted octanol–water partition coefficient (Wildman–Crippen LogP) is 5.02. The van der Waals surface area contributed by atoms with Gasteiger partial charge in [-0.3, -0.25) is 9.69 Å². The first-order valence-electron chi connectivity index (χ1n) is 11.3. The summed E-state index contributed by atoms with van der Waals surface area (Å²) in [6.07, 6.45) is 2.12. The molecule has 1 aliphatic rings. The second kappa shape index (κ2) is 10.7. The van der Waals surface area contributed by atoms with Crippen molar-refractivity contribution in [2.24, 2.45) is 0 Å². The van der Waals surface area contributed by atoms with Crippen molar-refractivity contribution >= 4 is 28.3 Å². The topological polar surface area (TPSA) is 75.0 Å². The predicted molar refractivity (Wildman–Crippen MR) is 129 cm³/mol. The summed E-state index contributed by atoms with van der Waals surface area (Å²) in [7, 11) is 0. The zero-order valence-corrected chi connectivity index (χ0v) is 19.8. The first-order chi connectivity index (χ1) is 16.1. The van der Waals surface area contributed by atoms with Gasteiger partial charge in [0.25, 0.3) is 5.91 Å². The van der Waals surface area contributed by atoms with Gasteiger partial charge in [-0.15, -0.1) is 11.3 Å². The molecule has 0 aliphatic carbocycles. The summed E-state index contributed by atoms with van der Waals surface area (Å²) in [6, 6.07) is 15.8. The van der Waals surface area contributed by atoms with E-state index in [1.54, 1.807) is 28.4 Å². The molecule has 0 unspecified atom stereocenters. The van der Waals surface area contributed by atoms with Crippen molar-refractivity contribution in [2.45, 2.75) is 26.3 Å². The van der Waals surface area contributed by atoms with E-state index in [4.69, 9.17) is 9.15 Å². The van der Waals surface area contributed by atoms with Gasteiger partial charge in [0.15, 0.2) is 5.76 Å². The minimum absolute atomic E-state index is 0.0426. The summed E-state index contributed by atoms with van der Waals surface area (Å²) in [4.78, 5) is 30.3. The van der Waals surface area contributed by atoms with Crippen LogP contribution in [0.4, 0.5) is 9.80 Å². The maximum absolute atomic E-state index is 12.8. The first kappa shape index (κ1) is 23.1. The molecule has 7 nitrogen and oxygen atoms in total. The molecule has 1 saturated heterocycles. The van der Waals surface area contributed by atoms with Crippen molar-refractivity contribution in [2.75, 3.05) is 38.1 Å². The van der Waals surface area contributed by atoms with Crippen LogP contribution in [0.25, 0.3) is 0 Å². The highest BCUT2D eigenvalue weighted by Gasteiger charge is 2.31. The molecule has 0 spiro atoms. The number of anilines is 1. The van der Waals surface area contributed by atoms with E-state index < -0.39 is 0 Å². The molecule has 1 aromatic carbocycles. The first-order valence-corrected chi connectivity index (χ1v) is 12.1. The van der Waals surface area contributed by atoms with E-state index >= 15 is 0 Å². The molecule has 2 aromatic heterocycles. The van der Waals surface area contributed by atoms with Crippen LogP contribution in [0.15, 0.2) is 59.2 Å². The molecule has 3 aromatic rings. The minimum Gasteiger partial charge on any atom is -0.459 e. The van der Waals surface area contributed by atoms with Gasteiger partial charge in [-0.05, 0) is 37.1 Å². The Bertz CT molecular complexity index is 1060. The van der Waals surface area contributed by atoms with Gasteiger partial charge in [-0.25, -0.2) is 4.79 Å². The van der Waals surface area contributed by atoms with E-state index in [1.165, 1.54) is 11.1 Å². The number of amides is 2. The van der Waals surface area contributed by atoms with Crippen LogP contribution in [0.2, 0.25) is 0 Å². The van der Waals surface area contributed by atoms with Crippen LogP contribution in [0.1, 0.15) is 46.4 Å². The van der Waals surface area contributed by atoms with Gasteiger partial charge in [0.1, 0.15) is 5.00 Å². The van der Waals surface area contributed by atoms with Crippen molar-refractivity contribution in [1.29, 1.82) is 0 Å². The zero-order chi connectivity index (χ0) is 23.2. The number of aryl methyl sites for hydroxylation is 1. The number of carbonyl (C=O) groups excluding carboxylic acids is 2. The third kappa shape index (κ3) is 5.29. The summed E-state index contributed by atoms with van der Waals surface area (Å²) >= 11 is 1.60. The monoisotopic (exact) mass is 467 g/mol. The molecular formula is C25H29N3O4S. The van der Waals surface area contributed by atoms with Crippen LogP contribution in [-0.2, 0) is 11.2 Å². The molecule has 0 saturated carbocycles. The van der Waals surface area contributed by atoms with E-state index in [2.05, 4.69) is 35.3 Å². The van der Waals surface area contributed by atoms with E-state index in [1.807, 2.05) is 25.1 Å². The van der Waals surface area contributed by atoms with Crippen molar-refractivity contribution in [1.82, 2.24) is 9.80 Å². The van der Waals surface area contributed by atoms with E-state index in [9.17, 15) is 9.59 Å². The van der Waals surface area contributed by atoms with Gasteiger partial charge in [0.05, 0.1) is 18.9 Å². The fraction of sp³-hybridized carbons (Fsp3) is 0.360. The Balaban J connectivity index is 1.64. The number of rotatable bonds is 7. The standard InChI is InChI=1S/C25H29N3O4S/c1-3-19-17-20(24(33-19)26-23(29)21-11-8-16-32-21)22(18-9-6-5-7-10-18)27-12-14-28(15-13-27)25(30)31-4-2/h5-11,16-17,22H,3-4,12-15H2,1-2H3,(H,26,29)/t22-/m0/s1. The Morgan fingerprint density at radius 2 is 1.85 bits per heavy atom. The maximum Gasteiger partial charge on any atom is 0.409 e. The molecule has 1 aliphatic heterocycles. The van der Waals surface area contributed by atoms with Crippen molar-refractivity contribution in [3.63, 3.8) is 0 Å². The van der Waals surface area contributed by atoms with Gasteiger partial charge in [0.2, 0.25) is 0 Å². The number of nitrogens with one attached hydrogen (secondary N) is 1. The normalized spacial score (nSPS) is 15.3. The van der Waals surface area contributed by atoms with Crippen LogP contribution in [0.5, 0.6) is 0 Å². The number of furan rings is 1.